The van der Waals surface area contributed by atoms with Gasteiger partial charge in [-0.25, -0.2) is 4.79 Å². The van der Waals surface area contributed by atoms with Gasteiger partial charge >= 0.3 is 5.97 Å². The lowest BCUT2D eigenvalue weighted by Gasteiger charge is -2.25. The fourth-order valence-corrected chi connectivity index (χ4v) is 3.61. The zero-order valence-electron chi connectivity index (χ0n) is 17.7. The standard InChI is InChI=1S/C23H28Cl2N2O4/c1-3-4-20(23(29)30)26-22(28)17-5-7-18(8-6-17)31-19-9-10-21(16(2)15-19)27(13-11-24)14-12-25/h5-10,15,20H,3-4,11-14H2,1-2H3,(H,26,28)(H,29,30)/t20-/m0/s1. The monoisotopic (exact) mass is 466 g/mol. The quantitative estimate of drug-likeness (QED) is 0.427. The van der Waals surface area contributed by atoms with E-state index < -0.39 is 17.9 Å². The van der Waals surface area contributed by atoms with Crippen LogP contribution >= 0.6 is 23.2 Å². The molecule has 31 heavy (non-hydrogen) atoms. The molecular weight excluding hydrogens is 439 g/mol. The number of rotatable bonds is 12. The molecule has 6 nitrogen and oxygen atoms in total. The maximum atomic E-state index is 12.3. The number of nitrogens with one attached hydrogen (secondary N) is 1. The van der Waals surface area contributed by atoms with Crippen molar-refractivity contribution in [1.29, 1.82) is 0 Å². The van der Waals surface area contributed by atoms with Crippen LogP contribution < -0.4 is 15.0 Å². The van der Waals surface area contributed by atoms with Crippen LogP contribution in [0, 0.1) is 6.92 Å². The van der Waals surface area contributed by atoms with Crippen LogP contribution in [0.1, 0.15) is 35.7 Å². The van der Waals surface area contributed by atoms with Crippen molar-refractivity contribution in [2.45, 2.75) is 32.7 Å². The molecule has 0 aromatic heterocycles. The molecule has 2 N–H and O–H groups in total. The largest absolute Gasteiger partial charge is 0.480 e. The summed E-state index contributed by atoms with van der Waals surface area (Å²) in [6, 6.07) is 11.5. The number of carboxylic acids is 1. The maximum absolute atomic E-state index is 12.3. The van der Waals surface area contributed by atoms with Crippen molar-refractivity contribution in [2.75, 3.05) is 29.7 Å². The van der Waals surface area contributed by atoms with Crippen molar-refractivity contribution >= 4 is 40.8 Å². The number of benzene rings is 2. The van der Waals surface area contributed by atoms with E-state index in [2.05, 4.69) is 10.2 Å². The molecule has 1 atom stereocenters. The van der Waals surface area contributed by atoms with E-state index in [1.165, 1.54) is 0 Å². The fourth-order valence-electron chi connectivity index (χ4n) is 3.20. The molecule has 1 amide bonds. The average molecular weight is 467 g/mol. The number of carboxylic acid groups (broad SMARTS) is 1. The summed E-state index contributed by atoms with van der Waals surface area (Å²) in [6.07, 6.45) is 1.04. The van der Waals surface area contributed by atoms with Crippen LogP contribution in [0.25, 0.3) is 0 Å². The fraction of sp³-hybridized carbons (Fsp3) is 0.391. The van der Waals surface area contributed by atoms with Crippen LogP contribution in [-0.4, -0.2) is 47.9 Å². The Morgan fingerprint density at radius 2 is 1.68 bits per heavy atom. The van der Waals surface area contributed by atoms with E-state index in [9.17, 15) is 14.7 Å². The average Bonchev–Trinajstić information content (AvgIpc) is 2.74. The second kappa shape index (κ2) is 12.4. The van der Waals surface area contributed by atoms with Gasteiger partial charge in [0.25, 0.3) is 5.91 Å². The van der Waals surface area contributed by atoms with Gasteiger partial charge in [0.2, 0.25) is 0 Å². The summed E-state index contributed by atoms with van der Waals surface area (Å²) in [6.45, 7) is 5.29. The predicted molar refractivity (Wildman–Crippen MR) is 125 cm³/mol. The van der Waals surface area contributed by atoms with Crippen LogP contribution in [0.2, 0.25) is 0 Å². The van der Waals surface area contributed by atoms with Crippen LogP contribution in [-0.2, 0) is 4.79 Å². The summed E-state index contributed by atoms with van der Waals surface area (Å²) in [4.78, 5) is 25.7. The topological polar surface area (TPSA) is 78.9 Å². The highest BCUT2D eigenvalue weighted by Crippen LogP contribution is 2.28. The zero-order valence-corrected chi connectivity index (χ0v) is 19.2. The Bertz CT molecular complexity index is 868. The number of alkyl halides is 2. The molecule has 0 fully saturated rings. The van der Waals surface area contributed by atoms with Crippen molar-refractivity contribution in [3.8, 4) is 11.5 Å². The Hall–Kier alpha value is -2.44. The molecule has 0 aliphatic rings. The number of halogens is 2. The van der Waals surface area contributed by atoms with Crippen LogP contribution in [0.15, 0.2) is 42.5 Å². The number of anilines is 1. The molecule has 0 spiro atoms. The number of hydrogen-bond donors (Lipinski definition) is 2. The molecule has 168 valence electrons. The third-order valence-electron chi connectivity index (χ3n) is 4.75. The molecule has 0 unspecified atom stereocenters. The third-order valence-corrected chi connectivity index (χ3v) is 5.09. The summed E-state index contributed by atoms with van der Waals surface area (Å²) in [5, 5.41) is 11.7. The van der Waals surface area contributed by atoms with E-state index in [0.717, 1.165) is 11.3 Å². The minimum atomic E-state index is -1.04. The summed E-state index contributed by atoms with van der Waals surface area (Å²) in [5.74, 6) is 0.811. The normalized spacial score (nSPS) is 11.6. The first-order valence-electron chi connectivity index (χ1n) is 10.2. The Balaban J connectivity index is 2.06. The van der Waals surface area contributed by atoms with Crippen molar-refractivity contribution < 1.29 is 19.4 Å². The van der Waals surface area contributed by atoms with Crippen LogP contribution in [0.5, 0.6) is 11.5 Å². The minimum Gasteiger partial charge on any atom is -0.480 e. The number of amides is 1. The van der Waals surface area contributed by atoms with Gasteiger partial charge in [0.15, 0.2) is 0 Å². The van der Waals surface area contributed by atoms with Gasteiger partial charge in [-0.1, -0.05) is 13.3 Å². The zero-order chi connectivity index (χ0) is 22.8. The Morgan fingerprint density at radius 3 is 2.19 bits per heavy atom. The second-order valence-corrected chi connectivity index (χ2v) is 7.85. The molecule has 0 aliphatic heterocycles. The molecule has 2 rings (SSSR count). The number of hydrogen-bond acceptors (Lipinski definition) is 4. The molecule has 0 aliphatic carbocycles. The third kappa shape index (κ3) is 7.33. The summed E-state index contributed by atoms with van der Waals surface area (Å²) < 4.78 is 5.91. The molecule has 8 heteroatoms. The molecule has 2 aromatic carbocycles. The van der Waals surface area contributed by atoms with Gasteiger partial charge in [-0.2, -0.15) is 0 Å². The van der Waals surface area contributed by atoms with Gasteiger partial charge in [-0.15, -0.1) is 23.2 Å². The minimum absolute atomic E-state index is 0.374. The number of aryl methyl sites for hydroxylation is 1. The number of ether oxygens (including phenoxy) is 1. The Labute approximate surface area is 193 Å². The molecule has 0 radical (unpaired) electrons. The molecule has 0 saturated carbocycles. The summed E-state index contributed by atoms with van der Waals surface area (Å²) in [5.41, 5.74) is 2.47. The van der Waals surface area contributed by atoms with Crippen LogP contribution in [0.3, 0.4) is 0 Å². The molecular formula is C23H28Cl2N2O4. The number of aliphatic carboxylic acids is 1. The number of carbonyl (C=O) groups is 2. The molecule has 0 bridgehead atoms. The van der Waals surface area contributed by atoms with Crippen LogP contribution in [0.4, 0.5) is 5.69 Å². The summed E-state index contributed by atoms with van der Waals surface area (Å²) >= 11 is 11.8. The van der Waals surface area contributed by atoms with Gasteiger partial charge < -0.3 is 20.1 Å². The van der Waals surface area contributed by atoms with E-state index in [0.29, 0.717) is 54.8 Å². The highest BCUT2D eigenvalue weighted by Gasteiger charge is 2.19. The smallest absolute Gasteiger partial charge is 0.326 e. The van der Waals surface area contributed by atoms with Crippen molar-refractivity contribution in [2.24, 2.45) is 0 Å². The highest BCUT2D eigenvalue weighted by molar-refractivity contribution is 6.18. The highest BCUT2D eigenvalue weighted by atomic mass is 35.5. The van der Waals surface area contributed by atoms with E-state index in [1.54, 1.807) is 24.3 Å². The second-order valence-electron chi connectivity index (χ2n) is 7.09. The molecule has 2 aromatic rings. The van der Waals surface area contributed by atoms with Gasteiger partial charge in [0.05, 0.1) is 0 Å². The van der Waals surface area contributed by atoms with E-state index in [1.807, 2.05) is 32.0 Å². The number of carbonyl (C=O) groups excluding carboxylic acids is 1. The van der Waals surface area contributed by atoms with E-state index in [-0.39, 0.29) is 0 Å². The Kier molecular flexibility index (Phi) is 9.95. The van der Waals surface area contributed by atoms with Crippen molar-refractivity contribution in [3.63, 3.8) is 0 Å². The van der Waals surface area contributed by atoms with E-state index >= 15 is 0 Å². The van der Waals surface area contributed by atoms with Gasteiger partial charge in [-0.3, -0.25) is 4.79 Å². The maximum Gasteiger partial charge on any atom is 0.326 e. The predicted octanol–water partition coefficient (Wildman–Crippen LogP) is 5.05. The van der Waals surface area contributed by atoms with Gasteiger partial charge in [0.1, 0.15) is 17.5 Å². The lowest BCUT2D eigenvalue weighted by Crippen LogP contribution is -2.40. The first kappa shape index (κ1) is 24.8. The summed E-state index contributed by atoms with van der Waals surface area (Å²) in [7, 11) is 0. The van der Waals surface area contributed by atoms with Crippen molar-refractivity contribution in [1.82, 2.24) is 5.32 Å². The van der Waals surface area contributed by atoms with Gasteiger partial charge in [0, 0.05) is 36.1 Å². The SMILES string of the molecule is CCC[C@H](NC(=O)c1ccc(Oc2ccc(N(CCCl)CCCl)c(C)c2)cc1)C(=O)O. The Morgan fingerprint density at radius 1 is 1.06 bits per heavy atom. The first-order valence-corrected chi connectivity index (χ1v) is 11.3. The molecule has 0 heterocycles. The molecule has 0 saturated heterocycles. The van der Waals surface area contributed by atoms with Crippen molar-refractivity contribution in [3.05, 3.63) is 53.6 Å². The number of nitrogens with zero attached hydrogens (tertiary/aromatic N) is 1. The lowest BCUT2D eigenvalue weighted by molar-refractivity contribution is -0.139. The lowest BCUT2D eigenvalue weighted by atomic mass is 10.1. The van der Waals surface area contributed by atoms with Gasteiger partial charge in [-0.05, 0) is 61.4 Å². The van der Waals surface area contributed by atoms with E-state index in [4.69, 9.17) is 27.9 Å². The first-order chi connectivity index (χ1) is 14.9.